The first kappa shape index (κ1) is 16.4. The molecule has 25 heavy (non-hydrogen) atoms. The van der Waals surface area contributed by atoms with Crippen LogP contribution in [0.15, 0.2) is 60.8 Å². The molecule has 3 aromatic rings. The van der Waals surface area contributed by atoms with Crippen LogP contribution in [0.4, 0.5) is 23.1 Å². The molecule has 0 unspecified atom stereocenters. The van der Waals surface area contributed by atoms with Gasteiger partial charge >= 0.3 is 5.97 Å². The molecule has 1 heterocycles. The van der Waals surface area contributed by atoms with Gasteiger partial charge in [0.2, 0.25) is 5.95 Å². The summed E-state index contributed by atoms with van der Waals surface area (Å²) in [5.74, 6) is 0.650. The topological polar surface area (TPSA) is 80.2 Å². The van der Waals surface area contributed by atoms with E-state index < -0.39 is 0 Å². The highest BCUT2D eigenvalue weighted by Gasteiger charge is 2.09. The fraction of sp³-hybridized carbons (Fsp3) is 0.111. The van der Waals surface area contributed by atoms with Gasteiger partial charge in [-0.05, 0) is 36.4 Å². The van der Waals surface area contributed by atoms with E-state index in [2.05, 4.69) is 25.2 Å². The smallest absolute Gasteiger partial charge is 0.337 e. The number of hydrogen-bond donors (Lipinski definition) is 1. The largest absolute Gasteiger partial charge is 0.465 e. The Hall–Kier alpha value is -3.48. The lowest BCUT2D eigenvalue weighted by atomic mass is 10.2. The molecule has 0 aliphatic rings. The molecule has 1 N–H and O–H groups in total. The SMILES string of the molecule is COC(=O)c1ccc(Nc2nncc(N(C)c3ccccc3)n2)cc1. The number of methoxy groups -OCH3 is 1. The molecule has 0 fully saturated rings. The molecule has 1 aromatic heterocycles. The Morgan fingerprint density at radius 1 is 1.08 bits per heavy atom. The third-order valence-corrected chi connectivity index (χ3v) is 3.60. The van der Waals surface area contributed by atoms with Gasteiger partial charge in [-0.15, -0.1) is 5.10 Å². The van der Waals surface area contributed by atoms with Crippen LogP contribution < -0.4 is 10.2 Å². The van der Waals surface area contributed by atoms with Crippen LogP contribution in [0.2, 0.25) is 0 Å². The standard InChI is InChI=1S/C18H17N5O2/c1-23(15-6-4-3-5-7-15)16-12-19-22-18(21-16)20-14-10-8-13(9-11-14)17(24)25-2/h3-12H,1-2H3,(H,20,21,22). The first-order valence-electron chi connectivity index (χ1n) is 7.61. The molecule has 0 atom stereocenters. The number of nitrogens with one attached hydrogen (secondary N) is 1. The molecule has 0 radical (unpaired) electrons. The van der Waals surface area contributed by atoms with Crippen LogP contribution in [0, 0.1) is 0 Å². The Balaban J connectivity index is 1.77. The summed E-state index contributed by atoms with van der Waals surface area (Å²) < 4.78 is 4.68. The minimum Gasteiger partial charge on any atom is -0.465 e. The fourth-order valence-electron chi connectivity index (χ4n) is 2.23. The lowest BCUT2D eigenvalue weighted by Crippen LogP contribution is -2.13. The number of aromatic nitrogens is 3. The van der Waals surface area contributed by atoms with Crippen molar-refractivity contribution in [3.8, 4) is 0 Å². The highest BCUT2D eigenvalue weighted by atomic mass is 16.5. The molecule has 0 amide bonds. The molecule has 0 aliphatic carbocycles. The first-order valence-corrected chi connectivity index (χ1v) is 7.61. The van der Waals surface area contributed by atoms with E-state index in [4.69, 9.17) is 0 Å². The third kappa shape index (κ3) is 3.89. The number of ether oxygens (including phenoxy) is 1. The number of benzene rings is 2. The molecule has 0 aliphatic heterocycles. The predicted molar refractivity (Wildman–Crippen MR) is 95.4 cm³/mol. The molecule has 126 valence electrons. The van der Waals surface area contributed by atoms with E-state index in [0.29, 0.717) is 17.3 Å². The third-order valence-electron chi connectivity index (χ3n) is 3.60. The van der Waals surface area contributed by atoms with Crippen LogP contribution >= 0.6 is 0 Å². The van der Waals surface area contributed by atoms with Crippen molar-refractivity contribution in [3.63, 3.8) is 0 Å². The monoisotopic (exact) mass is 335 g/mol. The Morgan fingerprint density at radius 3 is 2.48 bits per heavy atom. The number of para-hydroxylation sites is 1. The lowest BCUT2D eigenvalue weighted by molar-refractivity contribution is 0.0601. The second-order valence-electron chi connectivity index (χ2n) is 5.23. The molecular weight excluding hydrogens is 318 g/mol. The lowest BCUT2D eigenvalue weighted by Gasteiger charge is -2.18. The van der Waals surface area contributed by atoms with Crippen molar-refractivity contribution in [1.82, 2.24) is 15.2 Å². The average molecular weight is 335 g/mol. The number of carbonyl (C=O) groups is 1. The average Bonchev–Trinajstić information content (AvgIpc) is 2.68. The molecule has 3 rings (SSSR count). The second-order valence-corrected chi connectivity index (χ2v) is 5.23. The van der Waals surface area contributed by atoms with Crippen LogP contribution in [0.1, 0.15) is 10.4 Å². The molecule has 7 nitrogen and oxygen atoms in total. The number of carbonyl (C=O) groups excluding carboxylic acids is 1. The van der Waals surface area contributed by atoms with Gasteiger partial charge in [0.1, 0.15) is 0 Å². The Bertz CT molecular complexity index is 853. The van der Waals surface area contributed by atoms with Gasteiger partial charge in [-0.1, -0.05) is 18.2 Å². The quantitative estimate of drug-likeness (QED) is 0.717. The van der Waals surface area contributed by atoms with Crippen molar-refractivity contribution >= 4 is 29.1 Å². The molecular formula is C18H17N5O2. The summed E-state index contributed by atoms with van der Waals surface area (Å²) in [4.78, 5) is 17.8. The van der Waals surface area contributed by atoms with Crippen LogP contribution in [-0.2, 0) is 4.74 Å². The van der Waals surface area contributed by atoms with Crippen LogP contribution in [0.5, 0.6) is 0 Å². The Morgan fingerprint density at radius 2 is 1.80 bits per heavy atom. The molecule has 0 saturated heterocycles. The maximum absolute atomic E-state index is 11.5. The minimum absolute atomic E-state index is 0.367. The molecule has 0 spiro atoms. The Labute approximate surface area is 145 Å². The van der Waals surface area contributed by atoms with E-state index in [1.54, 1.807) is 30.5 Å². The fourth-order valence-corrected chi connectivity index (χ4v) is 2.23. The minimum atomic E-state index is -0.379. The van der Waals surface area contributed by atoms with E-state index in [-0.39, 0.29) is 5.97 Å². The summed E-state index contributed by atoms with van der Waals surface area (Å²) in [6.45, 7) is 0. The molecule has 7 heteroatoms. The van der Waals surface area contributed by atoms with Gasteiger partial charge in [0.15, 0.2) is 5.82 Å². The highest BCUT2D eigenvalue weighted by molar-refractivity contribution is 5.89. The maximum Gasteiger partial charge on any atom is 0.337 e. The summed E-state index contributed by atoms with van der Waals surface area (Å²) in [6.07, 6.45) is 1.60. The van der Waals surface area contributed by atoms with Crippen molar-refractivity contribution in [2.24, 2.45) is 0 Å². The van der Waals surface area contributed by atoms with Gasteiger partial charge in [0.05, 0.1) is 18.9 Å². The van der Waals surface area contributed by atoms with E-state index in [0.717, 1.165) is 11.4 Å². The summed E-state index contributed by atoms with van der Waals surface area (Å²) in [5, 5.41) is 11.1. The van der Waals surface area contributed by atoms with Crippen molar-refractivity contribution in [3.05, 3.63) is 66.4 Å². The van der Waals surface area contributed by atoms with Crippen molar-refractivity contribution in [2.45, 2.75) is 0 Å². The van der Waals surface area contributed by atoms with E-state index >= 15 is 0 Å². The van der Waals surface area contributed by atoms with E-state index in [1.165, 1.54) is 7.11 Å². The zero-order chi connectivity index (χ0) is 17.6. The summed E-state index contributed by atoms with van der Waals surface area (Å²) in [5.41, 5.74) is 2.22. The summed E-state index contributed by atoms with van der Waals surface area (Å²) >= 11 is 0. The maximum atomic E-state index is 11.5. The summed E-state index contributed by atoms with van der Waals surface area (Å²) in [7, 11) is 3.26. The number of esters is 1. The van der Waals surface area contributed by atoms with Crippen LogP contribution in [0.3, 0.4) is 0 Å². The van der Waals surface area contributed by atoms with Gasteiger partial charge in [-0.2, -0.15) is 10.1 Å². The number of rotatable bonds is 5. The number of hydrogen-bond acceptors (Lipinski definition) is 7. The number of anilines is 4. The molecule has 0 bridgehead atoms. The van der Waals surface area contributed by atoms with Gasteiger partial charge in [-0.25, -0.2) is 4.79 Å². The highest BCUT2D eigenvalue weighted by Crippen LogP contribution is 2.22. The zero-order valence-electron chi connectivity index (χ0n) is 13.9. The predicted octanol–water partition coefficient (Wildman–Crippen LogP) is 3.17. The van der Waals surface area contributed by atoms with E-state index in [1.807, 2.05) is 42.3 Å². The number of nitrogens with zero attached hydrogens (tertiary/aromatic N) is 4. The second kappa shape index (κ2) is 7.39. The zero-order valence-corrected chi connectivity index (χ0v) is 13.9. The van der Waals surface area contributed by atoms with Crippen LogP contribution in [-0.4, -0.2) is 35.3 Å². The van der Waals surface area contributed by atoms with Gasteiger partial charge in [0.25, 0.3) is 0 Å². The van der Waals surface area contributed by atoms with Crippen molar-refractivity contribution in [2.75, 3.05) is 24.4 Å². The van der Waals surface area contributed by atoms with E-state index in [9.17, 15) is 4.79 Å². The van der Waals surface area contributed by atoms with Crippen molar-refractivity contribution in [1.29, 1.82) is 0 Å². The Kier molecular flexibility index (Phi) is 4.84. The van der Waals surface area contributed by atoms with Crippen LogP contribution in [0.25, 0.3) is 0 Å². The van der Waals surface area contributed by atoms with Gasteiger partial charge in [0, 0.05) is 18.4 Å². The van der Waals surface area contributed by atoms with Gasteiger partial charge in [-0.3, -0.25) is 0 Å². The molecule has 0 saturated carbocycles. The van der Waals surface area contributed by atoms with Crippen molar-refractivity contribution < 1.29 is 9.53 Å². The normalized spacial score (nSPS) is 10.2. The summed E-state index contributed by atoms with van der Waals surface area (Å²) in [6, 6.07) is 16.7. The molecule has 2 aromatic carbocycles. The van der Waals surface area contributed by atoms with Gasteiger partial charge < -0.3 is 15.0 Å². The first-order chi connectivity index (χ1) is 12.2.